The molecule has 1 heterocycles. The summed E-state index contributed by atoms with van der Waals surface area (Å²) >= 11 is 0. The lowest BCUT2D eigenvalue weighted by Gasteiger charge is -2.16. The summed E-state index contributed by atoms with van der Waals surface area (Å²) in [5.74, 6) is 0.700. The van der Waals surface area contributed by atoms with Crippen LogP contribution >= 0.6 is 0 Å². The van der Waals surface area contributed by atoms with Crippen LogP contribution in [0.4, 0.5) is 0 Å². The van der Waals surface area contributed by atoms with E-state index in [1.54, 1.807) is 0 Å². The molecule has 0 saturated heterocycles. The molecule has 98 valence electrons. The van der Waals surface area contributed by atoms with E-state index in [9.17, 15) is 0 Å². The quantitative estimate of drug-likeness (QED) is 0.794. The number of nitrogens with zero attached hydrogens (tertiary/aromatic N) is 3. The molecule has 17 heavy (non-hydrogen) atoms. The molecule has 0 aliphatic rings. The predicted octanol–water partition coefficient (Wildman–Crippen LogP) is 2.69. The SMILES string of the molecule is CCC(CC)n1nnc(CN)c1CCC(C)C. The zero-order chi connectivity index (χ0) is 12.8. The van der Waals surface area contributed by atoms with Crippen LogP contribution in [-0.2, 0) is 13.0 Å². The third kappa shape index (κ3) is 3.53. The fraction of sp³-hybridized carbons (Fsp3) is 0.846. The summed E-state index contributed by atoms with van der Waals surface area (Å²) in [7, 11) is 0. The van der Waals surface area contributed by atoms with Crippen molar-refractivity contribution in [3.05, 3.63) is 11.4 Å². The number of hydrogen-bond donors (Lipinski definition) is 1. The highest BCUT2D eigenvalue weighted by Crippen LogP contribution is 2.20. The summed E-state index contributed by atoms with van der Waals surface area (Å²) in [5, 5.41) is 8.51. The normalized spacial score (nSPS) is 11.7. The van der Waals surface area contributed by atoms with Gasteiger partial charge in [-0.25, -0.2) is 4.68 Å². The summed E-state index contributed by atoms with van der Waals surface area (Å²) in [6, 6.07) is 0.463. The summed E-state index contributed by atoms with van der Waals surface area (Å²) in [6.07, 6.45) is 4.39. The van der Waals surface area contributed by atoms with Crippen LogP contribution < -0.4 is 5.73 Å². The summed E-state index contributed by atoms with van der Waals surface area (Å²) in [4.78, 5) is 0. The van der Waals surface area contributed by atoms with Gasteiger partial charge in [-0.2, -0.15) is 0 Å². The van der Waals surface area contributed by atoms with Gasteiger partial charge in [0.1, 0.15) is 0 Å². The smallest absolute Gasteiger partial charge is 0.0994 e. The van der Waals surface area contributed by atoms with Crippen LogP contribution in [-0.4, -0.2) is 15.0 Å². The van der Waals surface area contributed by atoms with Crippen molar-refractivity contribution in [2.75, 3.05) is 0 Å². The highest BCUT2D eigenvalue weighted by atomic mass is 15.4. The van der Waals surface area contributed by atoms with Gasteiger partial charge in [-0.05, 0) is 31.6 Å². The molecule has 0 bridgehead atoms. The Morgan fingerprint density at radius 2 is 1.88 bits per heavy atom. The summed E-state index contributed by atoms with van der Waals surface area (Å²) in [6.45, 7) is 9.38. The Balaban J connectivity index is 2.92. The summed E-state index contributed by atoms with van der Waals surface area (Å²) in [5.41, 5.74) is 7.95. The van der Waals surface area contributed by atoms with E-state index >= 15 is 0 Å². The first-order valence-electron chi connectivity index (χ1n) is 6.76. The molecule has 0 spiro atoms. The summed E-state index contributed by atoms with van der Waals surface area (Å²) < 4.78 is 2.10. The van der Waals surface area contributed by atoms with Gasteiger partial charge in [0.15, 0.2) is 0 Å². The van der Waals surface area contributed by atoms with Crippen LogP contribution in [0, 0.1) is 5.92 Å². The van der Waals surface area contributed by atoms with E-state index in [1.165, 1.54) is 12.1 Å². The Kier molecular flexibility index (Phi) is 5.62. The lowest BCUT2D eigenvalue weighted by atomic mass is 10.0. The van der Waals surface area contributed by atoms with Crippen molar-refractivity contribution in [1.29, 1.82) is 0 Å². The number of rotatable bonds is 7. The number of hydrogen-bond acceptors (Lipinski definition) is 3. The minimum absolute atomic E-state index is 0.463. The average Bonchev–Trinajstić information content (AvgIpc) is 2.71. The highest BCUT2D eigenvalue weighted by molar-refractivity contribution is 5.11. The van der Waals surface area contributed by atoms with Gasteiger partial charge in [0, 0.05) is 6.54 Å². The first-order chi connectivity index (χ1) is 8.13. The van der Waals surface area contributed by atoms with Crippen LogP contribution in [0.5, 0.6) is 0 Å². The Morgan fingerprint density at radius 3 is 2.35 bits per heavy atom. The van der Waals surface area contributed by atoms with E-state index in [4.69, 9.17) is 5.73 Å². The van der Waals surface area contributed by atoms with Crippen LogP contribution in [0.3, 0.4) is 0 Å². The first kappa shape index (κ1) is 14.2. The maximum Gasteiger partial charge on any atom is 0.0994 e. The Morgan fingerprint density at radius 1 is 1.24 bits per heavy atom. The second-order valence-corrected chi connectivity index (χ2v) is 5.03. The van der Waals surface area contributed by atoms with E-state index in [-0.39, 0.29) is 0 Å². The van der Waals surface area contributed by atoms with Crippen LogP contribution in [0.15, 0.2) is 0 Å². The van der Waals surface area contributed by atoms with Gasteiger partial charge in [0.2, 0.25) is 0 Å². The maximum atomic E-state index is 5.74. The molecule has 0 radical (unpaired) electrons. The van der Waals surface area contributed by atoms with Crippen molar-refractivity contribution < 1.29 is 0 Å². The van der Waals surface area contributed by atoms with Crippen LogP contribution in [0.2, 0.25) is 0 Å². The van der Waals surface area contributed by atoms with Gasteiger partial charge in [0.05, 0.1) is 17.4 Å². The molecule has 4 nitrogen and oxygen atoms in total. The molecule has 1 rings (SSSR count). The standard InChI is InChI=1S/C13H26N4/c1-5-11(6-2)17-13(8-7-10(3)4)12(9-14)15-16-17/h10-11H,5-9,14H2,1-4H3. The average molecular weight is 238 g/mol. The second kappa shape index (κ2) is 6.74. The molecule has 1 aromatic rings. The fourth-order valence-electron chi connectivity index (χ4n) is 2.12. The monoisotopic (exact) mass is 238 g/mol. The second-order valence-electron chi connectivity index (χ2n) is 5.03. The number of aromatic nitrogens is 3. The van der Waals surface area contributed by atoms with E-state index < -0.39 is 0 Å². The zero-order valence-electron chi connectivity index (χ0n) is 11.6. The van der Waals surface area contributed by atoms with Crippen molar-refractivity contribution >= 4 is 0 Å². The van der Waals surface area contributed by atoms with E-state index in [0.29, 0.717) is 18.5 Å². The Labute approximate surface area is 105 Å². The Bertz CT molecular complexity index is 326. The lowest BCUT2D eigenvalue weighted by molar-refractivity contribution is 0.400. The van der Waals surface area contributed by atoms with Crippen molar-refractivity contribution in [2.45, 2.75) is 66.0 Å². The third-order valence-corrected chi connectivity index (χ3v) is 3.31. The fourth-order valence-corrected chi connectivity index (χ4v) is 2.12. The minimum Gasteiger partial charge on any atom is -0.325 e. The van der Waals surface area contributed by atoms with Crippen molar-refractivity contribution in [3.63, 3.8) is 0 Å². The molecule has 0 aromatic carbocycles. The van der Waals surface area contributed by atoms with Crippen molar-refractivity contribution in [2.24, 2.45) is 11.7 Å². The molecule has 2 N–H and O–H groups in total. The van der Waals surface area contributed by atoms with Gasteiger partial charge in [-0.3, -0.25) is 0 Å². The van der Waals surface area contributed by atoms with Gasteiger partial charge in [0.25, 0.3) is 0 Å². The molecule has 0 unspecified atom stereocenters. The molecule has 1 aromatic heterocycles. The molecule has 0 aliphatic carbocycles. The molecule has 0 amide bonds. The molecule has 0 atom stereocenters. The van der Waals surface area contributed by atoms with E-state index in [0.717, 1.165) is 25.0 Å². The Hall–Kier alpha value is -0.900. The van der Waals surface area contributed by atoms with Crippen LogP contribution in [0.25, 0.3) is 0 Å². The molecular formula is C13H26N4. The largest absolute Gasteiger partial charge is 0.325 e. The molecule has 0 saturated carbocycles. The van der Waals surface area contributed by atoms with Crippen molar-refractivity contribution in [1.82, 2.24) is 15.0 Å². The first-order valence-corrected chi connectivity index (χ1v) is 6.76. The van der Waals surface area contributed by atoms with Crippen LogP contribution in [0.1, 0.15) is 64.4 Å². The number of nitrogens with two attached hydrogens (primary N) is 1. The maximum absolute atomic E-state index is 5.74. The van der Waals surface area contributed by atoms with Gasteiger partial charge >= 0.3 is 0 Å². The molecule has 0 fully saturated rings. The molecular weight excluding hydrogens is 212 g/mol. The van der Waals surface area contributed by atoms with Crippen molar-refractivity contribution in [3.8, 4) is 0 Å². The van der Waals surface area contributed by atoms with E-state index in [1.807, 2.05) is 0 Å². The highest BCUT2D eigenvalue weighted by Gasteiger charge is 2.17. The lowest BCUT2D eigenvalue weighted by Crippen LogP contribution is -2.14. The predicted molar refractivity (Wildman–Crippen MR) is 70.7 cm³/mol. The molecule has 4 heteroatoms. The zero-order valence-corrected chi connectivity index (χ0v) is 11.6. The molecule has 0 aliphatic heterocycles. The topological polar surface area (TPSA) is 56.7 Å². The minimum atomic E-state index is 0.463. The van der Waals surface area contributed by atoms with Gasteiger partial charge in [-0.15, -0.1) is 5.10 Å². The van der Waals surface area contributed by atoms with E-state index in [2.05, 4.69) is 42.7 Å². The van der Waals surface area contributed by atoms with Gasteiger partial charge in [-0.1, -0.05) is 32.9 Å². The third-order valence-electron chi connectivity index (χ3n) is 3.31. The van der Waals surface area contributed by atoms with Gasteiger partial charge < -0.3 is 5.73 Å².